The van der Waals surface area contributed by atoms with Crippen LogP contribution in [0.1, 0.15) is 36.3 Å². The summed E-state index contributed by atoms with van der Waals surface area (Å²) in [6.07, 6.45) is 1.21. The van der Waals surface area contributed by atoms with Gasteiger partial charge >= 0.3 is 12.1 Å². The smallest absolute Gasteiger partial charge is 0.407 e. The highest BCUT2D eigenvalue weighted by atomic mass is 16.5. The van der Waals surface area contributed by atoms with E-state index in [1.165, 1.54) is 0 Å². The fraction of sp³-hybridized carbons (Fsp3) is 0.385. The topological polar surface area (TPSA) is 125 Å². The number of nitrogens with one attached hydrogen (secondary N) is 2. The van der Waals surface area contributed by atoms with Crippen LogP contribution < -0.4 is 10.6 Å². The summed E-state index contributed by atoms with van der Waals surface area (Å²) in [4.78, 5) is 49.9. The van der Waals surface area contributed by atoms with Crippen molar-refractivity contribution >= 4 is 23.9 Å². The Balaban J connectivity index is 1.08. The average molecular weight is 478 g/mol. The van der Waals surface area contributed by atoms with Crippen LogP contribution in [0.5, 0.6) is 0 Å². The van der Waals surface area contributed by atoms with Gasteiger partial charge in [0.05, 0.1) is 12.5 Å². The molecular formula is C26H27N3O6. The molecular weight excluding hydrogens is 450 g/mol. The Morgan fingerprint density at radius 3 is 2.20 bits per heavy atom. The van der Waals surface area contributed by atoms with E-state index in [-0.39, 0.29) is 43.6 Å². The Hall–Kier alpha value is -3.88. The van der Waals surface area contributed by atoms with Gasteiger partial charge in [0.1, 0.15) is 13.2 Å². The average Bonchev–Trinajstić information content (AvgIpc) is 3.54. The van der Waals surface area contributed by atoms with E-state index in [1.807, 2.05) is 36.4 Å². The van der Waals surface area contributed by atoms with E-state index in [9.17, 15) is 24.3 Å². The highest BCUT2D eigenvalue weighted by molar-refractivity contribution is 5.88. The minimum absolute atomic E-state index is 0.0787. The van der Waals surface area contributed by atoms with Gasteiger partial charge in [0.2, 0.25) is 11.8 Å². The number of alkyl carbamates (subject to hydrolysis) is 1. The summed E-state index contributed by atoms with van der Waals surface area (Å²) < 4.78 is 5.41. The molecule has 2 aromatic carbocycles. The summed E-state index contributed by atoms with van der Waals surface area (Å²) in [6, 6.07) is 15.6. The summed E-state index contributed by atoms with van der Waals surface area (Å²) >= 11 is 0. The van der Waals surface area contributed by atoms with Crippen molar-refractivity contribution in [1.82, 2.24) is 15.5 Å². The number of amides is 3. The van der Waals surface area contributed by atoms with Crippen molar-refractivity contribution in [2.75, 3.05) is 19.7 Å². The number of carbonyl (C=O) groups is 4. The number of carboxylic acid groups (broad SMARTS) is 1. The lowest BCUT2D eigenvalue weighted by molar-refractivity contribution is -0.143. The van der Waals surface area contributed by atoms with E-state index in [0.717, 1.165) is 28.7 Å². The molecule has 2 heterocycles. The van der Waals surface area contributed by atoms with Gasteiger partial charge in [0.25, 0.3) is 0 Å². The second kappa shape index (κ2) is 9.40. The lowest BCUT2D eigenvalue weighted by Crippen LogP contribution is -2.46. The van der Waals surface area contributed by atoms with Crippen molar-refractivity contribution in [2.24, 2.45) is 5.92 Å². The van der Waals surface area contributed by atoms with Gasteiger partial charge in [-0.3, -0.25) is 14.4 Å². The van der Waals surface area contributed by atoms with E-state index in [2.05, 4.69) is 22.8 Å². The van der Waals surface area contributed by atoms with E-state index >= 15 is 0 Å². The zero-order valence-corrected chi connectivity index (χ0v) is 19.1. The molecule has 3 amide bonds. The van der Waals surface area contributed by atoms with Crippen molar-refractivity contribution in [3.05, 3.63) is 59.7 Å². The number of ether oxygens (including phenoxy) is 1. The molecule has 3 atom stereocenters. The maximum atomic E-state index is 12.6. The number of aliphatic carboxylic acids is 1. The number of carboxylic acids is 1. The summed E-state index contributed by atoms with van der Waals surface area (Å²) in [7, 11) is 0. The van der Waals surface area contributed by atoms with Crippen LogP contribution in [-0.4, -0.2) is 65.7 Å². The number of benzene rings is 2. The van der Waals surface area contributed by atoms with Crippen LogP contribution in [0.2, 0.25) is 0 Å². The van der Waals surface area contributed by atoms with Gasteiger partial charge < -0.3 is 25.4 Å². The van der Waals surface area contributed by atoms with Crippen LogP contribution in [0.25, 0.3) is 11.1 Å². The van der Waals surface area contributed by atoms with Crippen molar-refractivity contribution in [3.63, 3.8) is 0 Å². The predicted octanol–water partition coefficient (Wildman–Crippen LogP) is 2.11. The fourth-order valence-electron chi connectivity index (χ4n) is 5.77. The Kier molecular flexibility index (Phi) is 6.15. The van der Waals surface area contributed by atoms with Gasteiger partial charge in [-0.2, -0.15) is 0 Å². The van der Waals surface area contributed by atoms with E-state index < -0.39 is 23.9 Å². The van der Waals surface area contributed by atoms with E-state index in [1.54, 1.807) is 4.90 Å². The molecule has 3 aliphatic rings. The second-order valence-electron chi connectivity index (χ2n) is 9.24. The SMILES string of the molecule is O=C(CNC(=O)OCC1c2ccccc2-c2ccccc21)NCC(=O)N1[C@@H]2CC[C@H]1[C@@H](C(=O)O)C2. The van der Waals surface area contributed by atoms with Crippen LogP contribution in [0, 0.1) is 5.92 Å². The van der Waals surface area contributed by atoms with Crippen LogP contribution >= 0.6 is 0 Å². The number of fused-ring (bicyclic) bond motifs is 5. The third kappa shape index (κ3) is 4.34. The molecule has 9 nitrogen and oxygen atoms in total. The Morgan fingerprint density at radius 1 is 0.914 bits per heavy atom. The first-order chi connectivity index (χ1) is 16.9. The van der Waals surface area contributed by atoms with Gasteiger partial charge in [0, 0.05) is 18.0 Å². The molecule has 1 aliphatic carbocycles. The molecule has 0 saturated carbocycles. The maximum Gasteiger partial charge on any atom is 0.407 e. The molecule has 182 valence electrons. The van der Waals surface area contributed by atoms with E-state index in [4.69, 9.17) is 4.74 Å². The number of hydrogen-bond acceptors (Lipinski definition) is 5. The van der Waals surface area contributed by atoms with Crippen molar-refractivity contribution in [1.29, 1.82) is 0 Å². The fourth-order valence-corrected chi connectivity index (χ4v) is 5.77. The molecule has 2 bridgehead atoms. The maximum absolute atomic E-state index is 12.6. The van der Waals surface area contributed by atoms with Crippen LogP contribution in [0.4, 0.5) is 4.79 Å². The third-order valence-electron chi connectivity index (χ3n) is 7.32. The first-order valence-electron chi connectivity index (χ1n) is 11.8. The molecule has 2 saturated heterocycles. The van der Waals surface area contributed by atoms with Gasteiger partial charge in [0.15, 0.2) is 0 Å². The quantitative estimate of drug-likeness (QED) is 0.561. The zero-order valence-electron chi connectivity index (χ0n) is 19.1. The number of carbonyl (C=O) groups excluding carboxylic acids is 3. The first kappa shape index (κ1) is 22.9. The Morgan fingerprint density at radius 2 is 1.57 bits per heavy atom. The zero-order chi connectivity index (χ0) is 24.5. The number of hydrogen-bond donors (Lipinski definition) is 3. The minimum atomic E-state index is -0.883. The monoisotopic (exact) mass is 477 g/mol. The van der Waals surface area contributed by atoms with Gasteiger partial charge in [-0.05, 0) is 41.5 Å². The normalized spacial score (nSPS) is 21.8. The van der Waals surface area contributed by atoms with Crippen LogP contribution in [-0.2, 0) is 19.1 Å². The lowest BCUT2D eigenvalue weighted by atomic mass is 9.89. The highest BCUT2D eigenvalue weighted by Crippen LogP contribution is 2.44. The predicted molar refractivity (Wildman–Crippen MR) is 125 cm³/mol. The van der Waals surface area contributed by atoms with Crippen LogP contribution in [0.3, 0.4) is 0 Å². The van der Waals surface area contributed by atoms with Crippen molar-refractivity contribution < 1.29 is 29.0 Å². The molecule has 2 aliphatic heterocycles. The molecule has 5 rings (SSSR count). The standard InChI is InChI=1S/C26H27N3O6/c30-23(27-13-24(31)29-15-9-10-22(29)20(11-15)25(32)33)12-28-26(34)35-14-21-18-7-3-1-5-16(18)17-6-2-4-8-19(17)21/h1-8,15,20-22H,9-14H2,(H,27,30)(H,28,34)(H,32,33)/t15-,20+,22+/m1/s1. The minimum Gasteiger partial charge on any atom is -0.481 e. The van der Waals surface area contributed by atoms with E-state index in [0.29, 0.717) is 12.8 Å². The molecule has 3 N–H and O–H groups in total. The first-order valence-corrected chi connectivity index (χ1v) is 11.8. The van der Waals surface area contributed by atoms with Gasteiger partial charge in [-0.1, -0.05) is 48.5 Å². The Bertz CT molecular complexity index is 1140. The highest BCUT2D eigenvalue weighted by Gasteiger charge is 2.51. The number of rotatable bonds is 7. The lowest BCUT2D eigenvalue weighted by Gasteiger charge is -2.23. The van der Waals surface area contributed by atoms with Gasteiger partial charge in [-0.25, -0.2) is 4.79 Å². The summed E-state index contributed by atoms with van der Waals surface area (Å²) in [5.74, 6) is -2.32. The van der Waals surface area contributed by atoms with Crippen molar-refractivity contribution in [2.45, 2.75) is 37.3 Å². The summed E-state index contributed by atoms with van der Waals surface area (Å²) in [5.41, 5.74) is 4.45. The molecule has 2 aromatic rings. The third-order valence-corrected chi connectivity index (χ3v) is 7.32. The Labute approximate surface area is 202 Å². The summed E-state index contributed by atoms with van der Waals surface area (Å²) in [6.45, 7) is -0.415. The molecule has 0 spiro atoms. The summed E-state index contributed by atoms with van der Waals surface area (Å²) in [5, 5.41) is 14.3. The molecule has 0 unspecified atom stereocenters. The second-order valence-corrected chi connectivity index (χ2v) is 9.24. The largest absolute Gasteiger partial charge is 0.481 e. The van der Waals surface area contributed by atoms with Crippen LogP contribution in [0.15, 0.2) is 48.5 Å². The number of nitrogens with zero attached hydrogens (tertiary/aromatic N) is 1. The molecule has 35 heavy (non-hydrogen) atoms. The van der Waals surface area contributed by atoms with Crippen molar-refractivity contribution in [3.8, 4) is 11.1 Å². The molecule has 9 heteroatoms. The van der Waals surface area contributed by atoms with Gasteiger partial charge in [-0.15, -0.1) is 0 Å². The molecule has 0 aromatic heterocycles. The molecule has 2 fully saturated rings. The molecule has 0 radical (unpaired) electrons.